The fourth-order valence-electron chi connectivity index (χ4n) is 1.93. The molecule has 0 bridgehead atoms. The van der Waals surface area contributed by atoms with Gasteiger partial charge in [-0.3, -0.25) is 4.57 Å². The molecule has 0 spiro atoms. The minimum atomic E-state index is -0.379. The van der Waals surface area contributed by atoms with Crippen LogP contribution in [0.4, 0.5) is 4.39 Å². The molecule has 0 amide bonds. The van der Waals surface area contributed by atoms with Gasteiger partial charge < -0.3 is 10.3 Å². The predicted octanol–water partition coefficient (Wildman–Crippen LogP) is 0.613. The third kappa shape index (κ3) is 1.13. The zero-order valence-corrected chi connectivity index (χ0v) is 7.96. The minimum Gasteiger partial charge on any atom is -0.313 e. The van der Waals surface area contributed by atoms with Gasteiger partial charge in [-0.15, -0.1) is 0 Å². The third-order valence-corrected chi connectivity index (χ3v) is 2.83. The van der Waals surface area contributed by atoms with E-state index >= 15 is 0 Å². The normalized spacial score (nSPS) is 16.9. The lowest BCUT2D eigenvalue weighted by Gasteiger charge is -2.28. The molecule has 2 aromatic rings. The van der Waals surface area contributed by atoms with Gasteiger partial charge in [-0.2, -0.15) is 0 Å². The minimum absolute atomic E-state index is 0.146. The van der Waals surface area contributed by atoms with Gasteiger partial charge in [0, 0.05) is 13.1 Å². The van der Waals surface area contributed by atoms with Crippen LogP contribution in [0.1, 0.15) is 6.04 Å². The summed E-state index contributed by atoms with van der Waals surface area (Å²) in [6, 6.07) is 4.87. The van der Waals surface area contributed by atoms with Crippen molar-refractivity contribution in [2.24, 2.45) is 0 Å². The Balaban J connectivity index is 2.32. The third-order valence-electron chi connectivity index (χ3n) is 2.83. The standard InChI is InChI=1S/C10H10FN3O/c11-7-2-1-3-8-9(7)13-10(15)14(8)6-4-12-5-6/h1-3,6,12H,4-5H2,(H,13,15). The molecule has 4 nitrogen and oxygen atoms in total. The van der Waals surface area contributed by atoms with Crippen molar-refractivity contribution >= 4 is 11.0 Å². The predicted molar refractivity (Wildman–Crippen MR) is 54.4 cm³/mol. The molecule has 2 N–H and O–H groups in total. The first kappa shape index (κ1) is 8.67. The number of para-hydroxylation sites is 1. The molecule has 15 heavy (non-hydrogen) atoms. The van der Waals surface area contributed by atoms with Gasteiger partial charge in [0.1, 0.15) is 11.3 Å². The lowest BCUT2D eigenvalue weighted by molar-refractivity contribution is 0.344. The molecular formula is C10H10FN3O. The first-order chi connectivity index (χ1) is 7.27. The highest BCUT2D eigenvalue weighted by molar-refractivity contribution is 5.76. The van der Waals surface area contributed by atoms with Gasteiger partial charge in [-0.1, -0.05) is 6.07 Å². The number of imidazole rings is 1. The van der Waals surface area contributed by atoms with E-state index in [9.17, 15) is 9.18 Å². The maximum absolute atomic E-state index is 13.4. The number of benzene rings is 1. The smallest absolute Gasteiger partial charge is 0.313 e. The summed E-state index contributed by atoms with van der Waals surface area (Å²) in [6.45, 7) is 1.53. The van der Waals surface area contributed by atoms with Crippen molar-refractivity contribution < 1.29 is 4.39 Å². The molecule has 1 aromatic carbocycles. The summed E-state index contributed by atoms with van der Waals surface area (Å²) >= 11 is 0. The van der Waals surface area contributed by atoms with Crippen LogP contribution < -0.4 is 11.0 Å². The summed E-state index contributed by atoms with van der Waals surface area (Å²) in [6.07, 6.45) is 0. The number of nitrogens with zero attached hydrogens (tertiary/aromatic N) is 1. The van der Waals surface area contributed by atoms with Gasteiger partial charge in [-0.25, -0.2) is 9.18 Å². The molecule has 1 aliphatic rings. The molecule has 3 rings (SSSR count). The van der Waals surface area contributed by atoms with Gasteiger partial charge in [0.25, 0.3) is 0 Å². The Kier molecular flexibility index (Phi) is 1.70. The van der Waals surface area contributed by atoms with E-state index in [0.29, 0.717) is 11.0 Å². The van der Waals surface area contributed by atoms with Crippen LogP contribution in [0.2, 0.25) is 0 Å². The van der Waals surface area contributed by atoms with E-state index in [0.717, 1.165) is 13.1 Å². The molecule has 78 valence electrons. The molecule has 2 heterocycles. The number of halogens is 1. The Morgan fingerprint density at radius 1 is 1.40 bits per heavy atom. The fraction of sp³-hybridized carbons (Fsp3) is 0.300. The van der Waals surface area contributed by atoms with Crippen LogP contribution in [0.5, 0.6) is 0 Å². The second-order valence-electron chi connectivity index (χ2n) is 3.75. The first-order valence-corrected chi connectivity index (χ1v) is 4.87. The van der Waals surface area contributed by atoms with Gasteiger partial charge >= 0.3 is 5.69 Å². The second-order valence-corrected chi connectivity index (χ2v) is 3.75. The van der Waals surface area contributed by atoms with Gasteiger partial charge in [0.05, 0.1) is 11.6 Å². The number of hydrogen-bond donors (Lipinski definition) is 2. The molecule has 0 aliphatic carbocycles. The average Bonchev–Trinajstić information content (AvgIpc) is 2.44. The summed E-state index contributed by atoms with van der Waals surface area (Å²) in [5.41, 5.74) is 0.711. The monoisotopic (exact) mass is 207 g/mol. The zero-order chi connectivity index (χ0) is 10.4. The Hall–Kier alpha value is -1.62. The molecule has 1 saturated heterocycles. The lowest BCUT2D eigenvalue weighted by Crippen LogP contribution is -2.46. The van der Waals surface area contributed by atoms with Crippen LogP contribution in [-0.4, -0.2) is 22.6 Å². The van der Waals surface area contributed by atoms with Crippen LogP contribution in [0.15, 0.2) is 23.0 Å². The van der Waals surface area contributed by atoms with Crippen LogP contribution in [0.3, 0.4) is 0 Å². The van der Waals surface area contributed by atoms with E-state index < -0.39 is 0 Å². The largest absolute Gasteiger partial charge is 0.326 e. The van der Waals surface area contributed by atoms with E-state index in [1.165, 1.54) is 6.07 Å². The maximum Gasteiger partial charge on any atom is 0.326 e. The summed E-state index contributed by atoms with van der Waals surface area (Å²) in [5, 5.41) is 3.09. The fourth-order valence-corrected chi connectivity index (χ4v) is 1.93. The van der Waals surface area contributed by atoms with Crippen LogP contribution in [0, 0.1) is 5.82 Å². The molecular weight excluding hydrogens is 197 g/mol. The molecule has 0 unspecified atom stereocenters. The highest BCUT2D eigenvalue weighted by atomic mass is 19.1. The van der Waals surface area contributed by atoms with Crippen molar-refractivity contribution in [2.75, 3.05) is 13.1 Å². The van der Waals surface area contributed by atoms with Gasteiger partial charge in [-0.05, 0) is 12.1 Å². The topological polar surface area (TPSA) is 49.8 Å². The first-order valence-electron chi connectivity index (χ1n) is 4.87. The van der Waals surface area contributed by atoms with E-state index in [-0.39, 0.29) is 17.5 Å². The summed E-state index contributed by atoms with van der Waals surface area (Å²) in [4.78, 5) is 14.2. The Bertz CT molecular complexity index is 568. The molecule has 1 aliphatic heterocycles. The average molecular weight is 207 g/mol. The number of rotatable bonds is 1. The van der Waals surface area contributed by atoms with Crippen LogP contribution in [0.25, 0.3) is 11.0 Å². The number of fused-ring (bicyclic) bond motifs is 1. The number of nitrogens with one attached hydrogen (secondary N) is 2. The number of aromatic amines is 1. The highest BCUT2D eigenvalue weighted by Gasteiger charge is 2.23. The van der Waals surface area contributed by atoms with Crippen molar-refractivity contribution in [3.05, 3.63) is 34.5 Å². The van der Waals surface area contributed by atoms with E-state index in [1.54, 1.807) is 16.7 Å². The molecule has 0 saturated carbocycles. The molecule has 0 atom stereocenters. The van der Waals surface area contributed by atoms with Crippen LogP contribution >= 0.6 is 0 Å². The number of hydrogen-bond acceptors (Lipinski definition) is 2. The second kappa shape index (κ2) is 2.93. The summed E-state index contributed by atoms with van der Waals surface area (Å²) in [7, 11) is 0. The number of H-pyrrole nitrogens is 1. The van der Waals surface area contributed by atoms with E-state index in [4.69, 9.17) is 0 Å². The SMILES string of the molecule is O=c1[nH]c2c(F)cccc2n1C1CNC1. The summed E-state index contributed by atoms with van der Waals surface area (Å²) < 4.78 is 15.0. The van der Waals surface area contributed by atoms with Crippen molar-refractivity contribution in [2.45, 2.75) is 6.04 Å². The van der Waals surface area contributed by atoms with Crippen molar-refractivity contribution in [1.29, 1.82) is 0 Å². The highest BCUT2D eigenvalue weighted by Crippen LogP contribution is 2.19. The maximum atomic E-state index is 13.4. The van der Waals surface area contributed by atoms with Crippen molar-refractivity contribution in [1.82, 2.24) is 14.9 Å². The van der Waals surface area contributed by atoms with E-state index in [1.807, 2.05) is 0 Å². The molecule has 1 aromatic heterocycles. The Morgan fingerprint density at radius 3 is 2.87 bits per heavy atom. The lowest BCUT2D eigenvalue weighted by atomic mass is 10.1. The van der Waals surface area contributed by atoms with Gasteiger partial charge in [0.15, 0.2) is 0 Å². The summed E-state index contributed by atoms with van der Waals surface area (Å²) in [5.74, 6) is -0.379. The van der Waals surface area contributed by atoms with Crippen molar-refractivity contribution in [3.63, 3.8) is 0 Å². The van der Waals surface area contributed by atoms with Crippen molar-refractivity contribution in [3.8, 4) is 0 Å². The Morgan fingerprint density at radius 2 is 2.20 bits per heavy atom. The quantitative estimate of drug-likeness (QED) is 0.720. The molecule has 1 fully saturated rings. The van der Waals surface area contributed by atoms with E-state index in [2.05, 4.69) is 10.3 Å². The molecule has 0 radical (unpaired) electrons. The zero-order valence-electron chi connectivity index (χ0n) is 7.96. The van der Waals surface area contributed by atoms with Crippen LogP contribution in [-0.2, 0) is 0 Å². The number of aromatic nitrogens is 2. The molecule has 5 heteroatoms. The Labute approximate surface area is 84.7 Å². The van der Waals surface area contributed by atoms with Gasteiger partial charge in [0.2, 0.25) is 0 Å².